The zero-order chi connectivity index (χ0) is 37.7. The number of hydrogen-bond donors (Lipinski definition) is 0. The van der Waals surface area contributed by atoms with Gasteiger partial charge in [-0.25, -0.2) is 0 Å². The Morgan fingerprint density at radius 3 is 1.04 bits per heavy atom. The topological polar surface area (TPSA) is 80.4 Å². The molecule has 8 heteroatoms. The van der Waals surface area contributed by atoms with Gasteiger partial charge >= 0.3 is 0 Å². The normalized spacial score (nSPS) is 22.2. The molecule has 8 nitrogen and oxygen atoms in total. The maximum absolute atomic E-state index is 6.32. The number of epoxide rings is 2. The third-order valence-corrected chi connectivity index (χ3v) is 11.0. The minimum atomic E-state index is -0.351. The van der Waals surface area contributed by atoms with Crippen LogP contribution in [0.3, 0.4) is 0 Å². The standard InChI is InChI=1S/C46H56O8/c1-31(51-39-19-11-35(12-20-39)45(3,4)33-7-15-37(16-8-33)47-27-43-29-49-43)53-41-23-25-42(26-24-41)54-32(2)52-40-21-13-36(14-22-40)46(5,6)34-9-17-38(18-10-34)48-28-44-30-50-44/h7-22,31-32,41-44H,23-30H2,1-6H3. The monoisotopic (exact) mass is 736 g/mol. The fourth-order valence-electron chi connectivity index (χ4n) is 7.16. The summed E-state index contributed by atoms with van der Waals surface area (Å²) in [6, 6.07) is 33.4. The minimum Gasteiger partial charge on any atom is -0.491 e. The highest BCUT2D eigenvalue weighted by Crippen LogP contribution is 2.36. The van der Waals surface area contributed by atoms with Gasteiger partial charge in [0.15, 0.2) is 12.6 Å². The fraction of sp³-hybridized carbons (Fsp3) is 0.478. The summed E-state index contributed by atoms with van der Waals surface area (Å²) in [6.45, 7) is 15.7. The van der Waals surface area contributed by atoms with E-state index in [2.05, 4.69) is 76.2 Å². The largest absolute Gasteiger partial charge is 0.491 e. The van der Waals surface area contributed by atoms with Crippen LogP contribution in [0.4, 0.5) is 0 Å². The molecule has 0 bridgehead atoms. The van der Waals surface area contributed by atoms with Crippen LogP contribution >= 0.6 is 0 Å². The number of hydrogen-bond acceptors (Lipinski definition) is 8. The smallest absolute Gasteiger partial charge is 0.197 e. The van der Waals surface area contributed by atoms with Crippen LogP contribution < -0.4 is 18.9 Å². The van der Waals surface area contributed by atoms with Gasteiger partial charge in [-0.05, 0) is 110 Å². The van der Waals surface area contributed by atoms with Gasteiger partial charge < -0.3 is 37.9 Å². The molecule has 2 saturated heterocycles. The lowest BCUT2D eigenvalue weighted by Crippen LogP contribution is -2.33. The van der Waals surface area contributed by atoms with E-state index < -0.39 is 0 Å². The molecule has 3 fully saturated rings. The van der Waals surface area contributed by atoms with Gasteiger partial charge in [-0.15, -0.1) is 0 Å². The van der Waals surface area contributed by atoms with E-state index in [1.54, 1.807) is 0 Å². The van der Waals surface area contributed by atoms with E-state index in [-0.39, 0.29) is 47.8 Å². The Morgan fingerprint density at radius 2 is 0.759 bits per heavy atom. The van der Waals surface area contributed by atoms with Crippen molar-refractivity contribution < 1.29 is 37.9 Å². The van der Waals surface area contributed by atoms with E-state index in [9.17, 15) is 0 Å². The summed E-state index contributed by atoms with van der Waals surface area (Å²) in [5, 5.41) is 0. The van der Waals surface area contributed by atoms with Crippen molar-refractivity contribution >= 4 is 0 Å². The Kier molecular flexibility index (Phi) is 11.8. The third-order valence-electron chi connectivity index (χ3n) is 11.0. The zero-order valence-corrected chi connectivity index (χ0v) is 32.6. The summed E-state index contributed by atoms with van der Waals surface area (Å²) in [4.78, 5) is 0. The average Bonchev–Trinajstić information content (AvgIpc) is 4.11. The molecule has 7 rings (SSSR count). The van der Waals surface area contributed by atoms with E-state index in [0.717, 1.165) is 61.9 Å². The second kappa shape index (κ2) is 16.7. The second-order valence-electron chi connectivity index (χ2n) is 15.9. The van der Waals surface area contributed by atoms with Crippen LogP contribution in [0.2, 0.25) is 0 Å². The molecule has 288 valence electrons. The molecule has 4 atom stereocenters. The summed E-state index contributed by atoms with van der Waals surface area (Å²) in [6.07, 6.45) is 3.74. The molecule has 1 aliphatic carbocycles. The minimum absolute atomic E-state index is 0.134. The van der Waals surface area contributed by atoms with Crippen LogP contribution in [-0.2, 0) is 29.8 Å². The molecule has 4 unspecified atom stereocenters. The molecule has 0 aromatic heterocycles. The maximum atomic E-state index is 6.32. The second-order valence-corrected chi connectivity index (χ2v) is 15.9. The predicted molar refractivity (Wildman–Crippen MR) is 209 cm³/mol. The van der Waals surface area contributed by atoms with Gasteiger partial charge in [0, 0.05) is 10.8 Å². The fourth-order valence-corrected chi connectivity index (χ4v) is 7.16. The molecule has 4 aromatic rings. The molecule has 0 radical (unpaired) electrons. The molecule has 0 N–H and O–H groups in total. The van der Waals surface area contributed by atoms with Crippen molar-refractivity contribution in [3.63, 3.8) is 0 Å². The third kappa shape index (κ3) is 10.2. The molecule has 1 saturated carbocycles. The first-order chi connectivity index (χ1) is 26.0. The molecular weight excluding hydrogens is 680 g/mol. The van der Waals surface area contributed by atoms with Crippen molar-refractivity contribution in [3.05, 3.63) is 119 Å². The van der Waals surface area contributed by atoms with Gasteiger partial charge in [0.05, 0.1) is 25.4 Å². The van der Waals surface area contributed by atoms with Gasteiger partial charge in [0.2, 0.25) is 0 Å². The quantitative estimate of drug-likeness (QED) is 0.0739. The van der Waals surface area contributed by atoms with Crippen molar-refractivity contribution in [2.75, 3.05) is 26.4 Å². The van der Waals surface area contributed by atoms with E-state index in [4.69, 9.17) is 37.9 Å². The Bertz CT molecular complexity index is 1620. The lowest BCUT2D eigenvalue weighted by atomic mass is 9.78. The first-order valence-electron chi connectivity index (χ1n) is 19.6. The first kappa shape index (κ1) is 38.2. The van der Waals surface area contributed by atoms with Crippen LogP contribution in [-0.4, -0.2) is 63.4 Å². The van der Waals surface area contributed by atoms with Gasteiger partial charge in [0.1, 0.15) is 48.4 Å². The average molecular weight is 737 g/mol. The summed E-state index contributed by atoms with van der Waals surface area (Å²) in [5.74, 6) is 3.34. The summed E-state index contributed by atoms with van der Waals surface area (Å²) >= 11 is 0. The van der Waals surface area contributed by atoms with Gasteiger partial charge in [-0.2, -0.15) is 0 Å². The molecule has 2 aliphatic heterocycles. The molecule has 0 amide bonds. The van der Waals surface area contributed by atoms with E-state index in [1.165, 1.54) is 22.3 Å². The van der Waals surface area contributed by atoms with Gasteiger partial charge in [-0.1, -0.05) is 76.2 Å². The van der Waals surface area contributed by atoms with Crippen LogP contribution in [0.25, 0.3) is 0 Å². The summed E-state index contributed by atoms with van der Waals surface area (Å²) in [5.41, 5.74) is 4.54. The number of rotatable bonds is 18. The lowest BCUT2D eigenvalue weighted by Gasteiger charge is -2.32. The highest BCUT2D eigenvalue weighted by Gasteiger charge is 2.28. The van der Waals surface area contributed by atoms with E-state index in [1.807, 2.05) is 62.4 Å². The van der Waals surface area contributed by atoms with Gasteiger partial charge in [-0.3, -0.25) is 0 Å². The van der Waals surface area contributed by atoms with Crippen molar-refractivity contribution in [3.8, 4) is 23.0 Å². The van der Waals surface area contributed by atoms with E-state index >= 15 is 0 Å². The van der Waals surface area contributed by atoms with Crippen LogP contribution in [0.5, 0.6) is 23.0 Å². The number of benzene rings is 4. The zero-order valence-electron chi connectivity index (χ0n) is 32.6. The van der Waals surface area contributed by atoms with Crippen molar-refractivity contribution in [1.82, 2.24) is 0 Å². The summed E-state index contributed by atoms with van der Waals surface area (Å²) in [7, 11) is 0. The van der Waals surface area contributed by atoms with Crippen LogP contribution in [0.15, 0.2) is 97.1 Å². The highest BCUT2D eigenvalue weighted by molar-refractivity contribution is 5.43. The lowest BCUT2D eigenvalue weighted by molar-refractivity contribution is -0.152. The Balaban J connectivity index is 0.814. The van der Waals surface area contributed by atoms with Crippen LogP contribution in [0, 0.1) is 0 Å². The van der Waals surface area contributed by atoms with Crippen molar-refractivity contribution in [2.45, 2.75) is 115 Å². The Hall–Kier alpha value is -4.08. The molecule has 2 heterocycles. The predicted octanol–water partition coefficient (Wildman–Crippen LogP) is 9.39. The van der Waals surface area contributed by atoms with Crippen LogP contribution in [0.1, 0.15) is 89.5 Å². The Labute approximate surface area is 321 Å². The molecule has 0 spiro atoms. The molecule has 4 aromatic carbocycles. The maximum Gasteiger partial charge on any atom is 0.197 e. The molecule has 3 aliphatic rings. The van der Waals surface area contributed by atoms with E-state index in [0.29, 0.717) is 13.2 Å². The molecular formula is C46H56O8. The Morgan fingerprint density at radius 1 is 0.481 bits per heavy atom. The highest BCUT2D eigenvalue weighted by atomic mass is 16.7. The molecule has 54 heavy (non-hydrogen) atoms. The SMILES string of the molecule is CC(Oc1ccc(C(C)(C)c2ccc(OCC3CO3)cc2)cc1)OC1CCC(OC(C)Oc2ccc(C(C)(C)c3ccc(OCC4CO4)cc3)cc2)CC1. The number of ether oxygens (including phenoxy) is 8. The first-order valence-corrected chi connectivity index (χ1v) is 19.6. The van der Waals surface area contributed by atoms with Crippen molar-refractivity contribution in [1.29, 1.82) is 0 Å². The van der Waals surface area contributed by atoms with Crippen molar-refractivity contribution in [2.24, 2.45) is 0 Å². The van der Waals surface area contributed by atoms with Gasteiger partial charge in [0.25, 0.3) is 0 Å². The summed E-state index contributed by atoms with van der Waals surface area (Å²) < 4.78 is 47.1.